The predicted octanol–water partition coefficient (Wildman–Crippen LogP) is 2.97. The van der Waals surface area contributed by atoms with Gasteiger partial charge in [0.15, 0.2) is 5.92 Å². The molecule has 0 bridgehead atoms. The van der Waals surface area contributed by atoms with Gasteiger partial charge in [-0.3, -0.25) is 9.59 Å². The molecule has 2 aliphatic rings. The van der Waals surface area contributed by atoms with Crippen molar-refractivity contribution in [2.24, 2.45) is 5.92 Å². The van der Waals surface area contributed by atoms with Crippen molar-refractivity contribution in [3.63, 3.8) is 0 Å². The van der Waals surface area contributed by atoms with E-state index in [2.05, 4.69) is 0 Å². The minimum atomic E-state index is -1.27. The van der Waals surface area contributed by atoms with E-state index in [1.165, 1.54) is 0 Å². The SMILES string of the molecule is CCOC(=O)[C@@H]1C(=O)OC[C@@]1(c1ccc(Cl)cc1)C1(C)OC(=O)C(C)=C1C. The van der Waals surface area contributed by atoms with Gasteiger partial charge in [-0.1, -0.05) is 23.7 Å². The number of cyclic esters (lactones) is 2. The Balaban J connectivity index is 2.28. The van der Waals surface area contributed by atoms with Gasteiger partial charge in [0.1, 0.15) is 12.2 Å². The Morgan fingerprint density at radius 2 is 1.89 bits per heavy atom. The van der Waals surface area contributed by atoms with Gasteiger partial charge in [-0.2, -0.15) is 0 Å². The Hall–Kier alpha value is -2.34. The topological polar surface area (TPSA) is 78.9 Å². The van der Waals surface area contributed by atoms with E-state index in [0.717, 1.165) is 0 Å². The van der Waals surface area contributed by atoms with Crippen molar-refractivity contribution < 1.29 is 28.6 Å². The Bertz CT molecular complexity index is 843. The summed E-state index contributed by atoms with van der Waals surface area (Å²) in [5.74, 6) is -3.15. The summed E-state index contributed by atoms with van der Waals surface area (Å²) in [5, 5.41) is 0.504. The molecule has 0 aromatic heterocycles. The molecular formula is C20H21ClO6. The number of hydrogen-bond acceptors (Lipinski definition) is 6. The summed E-state index contributed by atoms with van der Waals surface area (Å²) in [6.45, 7) is 6.79. The van der Waals surface area contributed by atoms with Crippen LogP contribution < -0.4 is 0 Å². The fourth-order valence-corrected chi connectivity index (χ4v) is 4.16. The Morgan fingerprint density at radius 1 is 1.26 bits per heavy atom. The molecule has 144 valence electrons. The van der Waals surface area contributed by atoms with Crippen LogP contribution in [0.15, 0.2) is 35.4 Å². The van der Waals surface area contributed by atoms with Gasteiger partial charge in [-0.15, -0.1) is 0 Å². The number of ether oxygens (including phenoxy) is 3. The van der Waals surface area contributed by atoms with E-state index in [1.807, 2.05) is 0 Å². The van der Waals surface area contributed by atoms with Gasteiger partial charge < -0.3 is 14.2 Å². The molecule has 1 aromatic rings. The van der Waals surface area contributed by atoms with E-state index < -0.39 is 34.8 Å². The molecule has 0 aliphatic carbocycles. The highest BCUT2D eigenvalue weighted by molar-refractivity contribution is 6.30. The zero-order valence-electron chi connectivity index (χ0n) is 15.6. The smallest absolute Gasteiger partial charge is 0.334 e. The standard InChI is InChI=1S/C20H21ClO6/c1-5-25-17(23)15-18(24)26-10-20(15,13-6-8-14(21)9-7-13)19(4)12(3)11(2)16(22)27-19/h6-9,15H,5,10H2,1-4H3/t15-,19?,20+/m1/s1. The highest BCUT2D eigenvalue weighted by Gasteiger charge is 2.69. The molecule has 0 saturated carbocycles. The Kier molecular flexibility index (Phi) is 4.80. The van der Waals surface area contributed by atoms with Crippen LogP contribution in [0.25, 0.3) is 0 Å². The van der Waals surface area contributed by atoms with Gasteiger partial charge in [-0.25, -0.2) is 4.79 Å². The van der Waals surface area contributed by atoms with Crippen LogP contribution in [-0.2, 0) is 34.0 Å². The zero-order chi connectivity index (χ0) is 20.0. The fraction of sp³-hybridized carbons (Fsp3) is 0.450. The van der Waals surface area contributed by atoms with Crippen LogP contribution in [0.1, 0.15) is 33.3 Å². The van der Waals surface area contributed by atoms with E-state index in [1.54, 1.807) is 52.0 Å². The second kappa shape index (κ2) is 6.68. The van der Waals surface area contributed by atoms with Crippen LogP contribution in [0, 0.1) is 5.92 Å². The van der Waals surface area contributed by atoms with E-state index in [0.29, 0.717) is 21.7 Å². The molecule has 2 aliphatic heterocycles. The molecule has 0 radical (unpaired) electrons. The van der Waals surface area contributed by atoms with Crippen molar-refractivity contribution >= 4 is 29.5 Å². The molecule has 3 rings (SSSR count). The molecule has 2 heterocycles. The second-order valence-electron chi connectivity index (χ2n) is 6.94. The summed E-state index contributed by atoms with van der Waals surface area (Å²) in [6.07, 6.45) is 0. The van der Waals surface area contributed by atoms with Crippen LogP contribution in [0.3, 0.4) is 0 Å². The number of carbonyl (C=O) groups excluding carboxylic acids is 3. The molecule has 1 unspecified atom stereocenters. The van der Waals surface area contributed by atoms with Crippen LogP contribution in [-0.4, -0.2) is 36.7 Å². The summed E-state index contributed by atoms with van der Waals surface area (Å²) in [6, 6.07) is 6.76. The molecule has 0 amide bonds. The highest BCUT2D eigenvalue weighted by atomic mass is 35.5. The third kappa shape index (κ3) is 2.65. The number of rotatable bonds is 4. The van der Waals surface area contributed by atoms with Gasteiger partial charge in [0.25, 0.3) is 0 Å². The van der Waals surface area contributed by atoms with Crippen molar-refractivity contribution in [3.8, 4) is 0 Å². The van der Waals surface area contributed by atoms with Crippen LogP contribution >= 0.6 is 11.6 Å². The maximum atomic E-state index is 12.8. The number of carbonyl (C=O) groups is 3. The summed E-state index contributed by atoms with van der Waals surface area (Å²) >= 11 is 6.03. The normalized spacial score (nSPS) is 30.3. The lowest BCUT2D eigenvalue weighted by atomic mass is 9.59. The van der Waals surface area contributed by atoms with E-state index >= 15 is 0 Å². The monoisotopic (exact) mass is 392 g/mol. The fourth-order valence-electron chi connectivity index (χ4n) is 4.04. The highest BCUT2D eigenvalue weighted by Crippen LogP contribution is 2.54. The van der Waals surface area contributed by atoms with E-state index in [9.17, 15) is 14.4 Å². The van der Waals surface area contributed by atoms with Crippen molar-refractivity contribution in [1.82, 2.24) is 0 Å². The average Bonchev–Trinajstić information content (AvgIpc) is 3.08. The number of benzene rings is 1. The quantitative estimate of drug-likeness (QED) is 0.445. The molecule has 0 N–H and O–H groups in total. The summed E-state index contributed by atoms with van der Waals surface area (Å²) < 4.78 is 16.3. The maximum Gasteiger partial charge on any atom is 0.334 e. The van der Waals surface area contributed by atoms with Gasteiger partial charge in [-0.05, 0) is 51.0 Å². The molecule has 0 spiro atoms. The molecule has 6 nitrogen and oxygen atoms in total. The second-order valence-corrected chi connectivity index (χ2v) is 7.38. The minimum Gasteiger partial charge on any atom is -0.465 e. The lowest BCUT2D eigenvalue weighted by molar-refractivity contribution is -0.164. The molecular weight excluding hydrogens is 372 g/mol. The molecule has 27 heavy (non-hydrogen) atoms. The van der Waals surface area contributed by atoms with Crippen LogP contribution in [0.4, 0.5) is 0 Å². The first kappa shape index (κ1) is 19.4. The number of esters is 3. The van der Waals surface area contributed by atoms with Crippen molar-refractivity contribution in [2.45, 2.75) is 38.7 Å². The number of hydrogen-bond donors (Lipinski definition) is 0. The average molecular weight is 393 g/mol. The lowest BCUT2D eigenvalue weighted by Gasteiger charge is -2.44. The van der Waals surface area contributed by atoms with Gasteiger partial charge in [0.05, 0.1) is 12.0 Å². The van der Waals surface area contributed by atoms with Crippen molar-refractivity contribution in [3.05, 3.63) is 46.0 Å². The van der Waals surface area contributed by atoms with Gasteiger partial charge >= 0.3 is 17.9 Å². The third-order valence-corrected chi connectivity index (χ3v) is 6.04. The Morgan fingerprint density at radius 3 is 2.41 bits per heavy atom. The molecule has 1 aromatic carbocycles. The van der Waals surface area contributed by atoms with Crippen LogP contribution in [0.2, 0.25) is 5.02 Å². The van der Waals surface area contributed by atoms with Crippen molar-refractivity contribution in [1.29, 1.82) is 0 Å². The zero-order valence-corrected chi connectivity index (χ0v) is 16.4. The predicted molar refractivity (Wildman–Crippen MR) is 97.1 cm³/mol. The minimum absolute atomic E-state index is 0.115. The molecule has 7 heteroatoms. The first-order valence-electron chi connectivity index (χ1n) is 8.69. The summed E-state index contributed by atoms with van der Waals surface area (Å²) in [5.41, 5.74) is -0.813. The summed E-state index contributed by atoms with van der Waals surface area (Å²) in [4.78, 5) is 37.7. The first-order valence-corrected chi connectivity index (χ1v) is 9.07. The van der Waals surface area contributed by atoms with E-state index in [-0.39, 0.29) is 13.2 Å². The largest absolute Gasteiger partial charge is 0.465 e. The maximum absolute atomic E-state index is 12.8. The number of halogens is 1. The van der Waals surface area contributed by atoms with Gasteiger partial charge in [0.2, 0.25) is 0 Å². The Labute approximate surface area is 162 Å². The summed E-state index contributed by atoms with van der Waals surface area (Å²) in [7, 11) is 0. The van der Waals surface area contributed by atoms with Gasteiger partial charge in [0, 0.05) is 10.6 Å². The first-order chi connectivity index (χ1) is 12.7. The lowest BCUT2D eigenvalue weighted by Crippen LogP contribution is -2.58. The van der Waals surface area contributed by atoms with E-state index in [4.69, 9.17) is 25.8 Å². The molecule has 1 saturated heterocycles. The molecule has 3 atom stereocenters. The van der Waals surface area contributed by atoms with Crippen LogP contribution in [0.5, 0.6) is 0 Å². The molecule has 1 fully saturated rings. The third-order valence-electron chi connectivity index (χ3n) is 5.78. The van der Waals surface area contributed by atoms with Crippen molar-refractivity contribution in [2.75, 3.05) is 13.2 Å².